The van der Waals surface area contributed by atoms with Gasteiger partial charge in [0.2, 0.25) is 0 Å². The summed E-state index contributed by atoms with van der Waals surface area (Å²) < 4.78 is 0. The lowest BCUT2D eigenvalue weighted by atomic mass is 10.4. The smallest absolute Gasteiger partial charge is 0.0587 e. The first-order valence-electron chi connectivity index (χ1n) is 3.43. The fraction of sp³-hybridized carbons (Fsp3) is 0.500. The van der Waals surface area contributed by atoms with Crippen LogP contribution in [0, 0.1) is 0 Å². The van der Waals surface area contributed by atoms with Crippen LogP contribution in [0.4, 0.5) is 0 Å². The van der Waals surface area contributed by atoms with Crippen molar-refractivity contribution in [1.29, 1.82) is 0 Å². The standard InChI is InChI=1S/C6H10ClN.C2H6/c1-3-4-6(7)5(2)8;1-2/h3-4H,8H2,1-2H3;1-2H3/b4-3-,6-5-;. The first-order valence-corrected chi connectivity index (χ1v) is 3.80. The van der Waals surface area contributed by atoms with Crippen LogP contribution in [-0.4, -0.2) is 0 Å². The highest BCUT2D eigenvalue weighted by Gasteiger charge is 1.84. The molecule has 0 unspecified atom stereocenters. The van der Waals surface area contributed by atoms with Crippen LogP contribution >= 0.6 is 11.6 Å². The Kier molecular flexibility index (Phi) is 10.5. The summed E-state index contributed by atoms with van der Waals surface area (Å²) in [5.74, 6) is 0. The van der Waals surface area contributed by atoms with Crippen LogP contribution in [0.5, 0.6) is 0 Å². The molecule has 0 saturated carbocycles. The molecule has 0 aliphatic carbocycles. The molecule has 0 spiro atoms. The lowest BCUT2D eigenvalue weighted by molar-refractivity contribution is 1.30. The second-order valence-electron chi connectivity index (χ2n) is 1.53. The summed E-state index contributed by atoms with van der Waals surface area (Å²) in [5.41, 5.74) is 5.98. The molecular formula is C8H16ClN. The molecule has 1 nitrogen and oxygen atoms in total. The Balaban J connectivity index is 0. The quantitative estimate of drug-likeness (QED) is 0.588. The van der Waals surface area contributed by atoms with Gasteiger partial charge in [-0.05, 0) is 19.9 Å². The molecular weight excluding hydrogens is 146 g/mol. The summed E-state index contributed by atoms with van der Waals surface area (Å²) in [7, 11) is 0. The minimum absolute atomic E-state index is 0.618. The maximum absolute atomic E-state index is 5.58. The molecule has 0 bridgehead atoms. The van der Waals surface area contributed by atoms with Gasteiger partial charge in [-0.2, -0.15) is 0 Å². The average Bonchev–Trinajstić information content (AvgIpc) is 1.93. The van der Waals surface area contributed by atoms with Crippen molar-refractivity contribution in [2.24, 2.45) is 5.73 Å². The molecule has 0 saturated heterocycles. The minimum atomic E-state index is 0.618. The van der Waals surface area contributed by atoms with Gasteiger partial charge in [-0.1, -0.05) is 31.5 Å². The summed E-state index contributed by atoms with van der Waals surface area (Å²) in [6.07, 6.45) is 3.61. The van der Waals surface area contributed by atoms with Crippen LogP contribution in [-0.2, 0) is 0 Å². The van der Waals surface area contributed by atoms with Gasteiger partial charge in [0.15, 0.2) is 0 Å². The molecule has 0 fully saturated rings. The lowest BCUT2D eigenvalue weighted by Gasteiger charge is -1.89. The van der Waals surface area contributed by atoms with Gasteiger partial charge in [-0.15, -0.1) is 0 Å². The summed E-state index contributed by atoms with van der Waals surface area (Å²) in [5, 5.41) is 0.618. The van der Waals surface area contributed by atoms with Gasteiger partial charge in [0.05, 0.1) is 5.03 Å². The number of hydrogen-bond donors (Lipinski definition) is 1. The van der Waals surface area contributed by atoms with E-state index >= 15 is 0 Å². The molecule has 60 valence electrons. The lowest BCUT2D eigenvalue weighted by Crippen LogP contribution is -1.91. The largest absolute Gasteiger partial charge is 0.401 e. The molecule has 0 aromatic heterocycles. The van der Waals surface area contributed by atoms with E-state index in [0.29, 0.717) is 10.7 Å². The topological polar surface area (TPSA) is 26.0 Å². The van der Waals surface area contributed by atoms with Gasteiger partial charge in [0, 0.05) is 5.70 Å². The van der Waals surface area contributed by atoms with E-state index in [4.69, 9.17) is 17.3 Å². The van der Waals surface area contributed by atoms with E-state index in [0.717, 1.165) is 0 Å². The highest BCUT2D eigenvalue weighted by molar-refractivity contribution is 6.31. The molecule has 0 aliphatic rings. The van der Waals surface area contributed by atoms with Crippen molar-refractivity contribution < 1.29 is 0 Å². The molecule has 0 atom stereocenters. The molecule has 0 rings (SSSR count). The number of nitrogens with two attached hydrogens (primary N) is 1. The fourth-order valence-electron chi connectivity index (χ4n) is 0.278. The summed E-state index contributed by atoms with van der Waals surface area (Å²) in [6.45, 7) is 7.66. The third kappa shape index (κ3) is 7.57. The van der Waals surface area contributed by atoms with Crippen molar-refractivity contribution in [3.8, 4) is 0 Å². The van der Waals surface area contributed by atoms with Gasteiger partial charge < -0.3 is 5.73 Å². The Morgan fingerprint density at radius 1 is 1.40 bits per heavy atom. The van der Waals surface area contributed by atoms with E-state index in [1.807, 2.05) is 26.8 Å². The second-order valence-corrected chi connectivity index (χ2v) is 1.94. The molecule has 0 aromatic carbocycles. The number of hydrogen-bond acceptors (Lipinski definition) is 1. The molecule has 0 aliphatic heterocycles. The Morgan fingerprint density at radius 3 is 1.90 bits per heavy atom. The van der Waals surface area contributed by atoms with Crippen molar-refractivity contribution >= 4 is 11.6 Å². The van der Waals surface area contributed by atoms with Crippen molar-refractivity contribution in [1.82, 2.24) is 0 Å². The van der Waals surface area contributed by atoms with E-state index in [2.05, 4.69) is 0 Å². The van der Waals surface area contributed by atoms with Crippen LogP contribution in [0.15, 0.2) is 22.9 Å². The van der Waals surface area contributed by atoms with Crippen LogP contribution < -0.4 is 5.73 Å². The molecule has 0 aromatic rings. The highest BCUT2D eigenvalue weighted by Crippen LogP contribution is 2.04. The van der Waals surface area contributed by atoms with Gasteiger partial charge in [0.1, 0.15) is 0 Å². The first kappa shape index (κ1) is 12.3. The summed E-state index contributed by atoms with van der Waals surface area (Å²) in [6, 6.07) is 0. The predicted octanol–water partition coefficient (Wildman–Crippen LogP) is 3.02. The van der Waals surface area contributed by atoms with Gasteiger partial charge in [-0.25, -0.2) is 0 Å². The highest BCUT2D eigenvalue weighted by atomic mass is 35.5. The zero-order chi connectivity index (χ0) is 8.57. The van der Waals surface area contributed by atoms with E-state index in [-0.39, 0.29) is 0 Å². The van der Waals surface area contributed by atoms with Crippen molar-refractivity contribution in [3.63, 3.8) is 0 Å². The Bertz CT molecular complexity index is 121. The SMILES string of the molecule is C/C=C\C(Cl)=C(/C)N.CC. The Morgan fingerprint density at radius 2 is 1.80 bits per heavy atom. The normalized spacial score (nSPS) is 12.1. The zero-order valence-corrected chi connectivity index (χ0v) is 7.87. The maximum atomic E-state index is 5.58. The van der Waals surface area contributed by atoms with E-state index in [1.54, 1.807) is 13.0 Å². The van der Waals surface area contributed by atoms with Crippen molar-refractivity contribution in [2.75, 3.05) is 0 Å². The first-order chi connectivity index (χ1) is 4.68. The van der Waals surface area contributed by atoms with Crippen LogP contribution in [0.2, 0.25) is 0 Å². The second kappa shape index (κ2) is 8.57. The molecule has 2 N–H and O–H groups in total. The Labute approximate surface area is 68.6 Å². The van der Waals surface area contributed by atoms with E-state index in [9.17, 15) is 0 Å². The molecule has 10 heavy (non-hydrogen) atoms. The third-order valence-corrected chi connectivity index (χ3v) is 1.11. The number of halogens is 1. The van der Waals surface area contributed by atoms with Gasteiger partial charge in [0.25, 0.3) is 0 Å². The van der Waals surface area contributed by atoms with Gasteiger partial charge in [-0.3, -0.25) is 0 Å². The van der Waals surface area contributed by atoms with Crippen LogP contribution in [0.1, 0.15) is 27.7 Å². The van der Waals surface area contributed by atoms with E-state index in [1.165, 1.54) is 0 Å². The number of rotatable bonds is 1. The molecule has 0 heterocycles. The Hall–Kier alpha value is -0.430. The van der Waals surface area contributed by atoms with E-state index < -0.39 is 0 Å². The van der Waals surface area contributed by atoms with Crippen molar-refractivity contribution in [3.05, 3.63) is 22.9 Å². The van der Waals surface area contributed by atoms with Crippen molar-refractivity contribution in [2.45, 2.75) is 27.7 Å². The zero-order valence-electron chi connectivity index (χ0n) is 7.11. The maximum Gasteiger partial charge on any atom is 0.0587 e. The summed E-state index contributed by atoms with van der Waals surface area (Å²) >= 11 is 5.58. The fourth-order valence-corrected chi connectivity index (χ4v) is 0.404. The minimum Gasteiger partial charge on any atom is -0.401 e. The van der Waals surface area contributed by atoms with Crippen LogP contribution in [0.3, 0.4) is 0 Å². The average molecular weight is 162 g/mol. The number of allylic oxidation sites excluding steroid dienone is 4. The molecule has 2 heteroatoms. The predicted molar refractivity (Wildman–Crippen MR) is 48.9 cm³/mol. The van der Waals surface area contributed by atoms with Crippen LogP contribution in [0.25, 0.3) is 0 Å². The monoisotopic (exact) mass is 161 g/mol. The molecule has 0 amide bonds. The van der Waals surface area contributed by atoms with Gasteiger partial charge >= 0.3 is 0 Å². The molecule has 0 radical (unpaired) electrons. The summed E-state index contributed by atoms with van der Waals surface area (Å²) in [4.78, 5) is 0. The third-order valence-electron chi connectivity index (χ3n) is 0.690.